The second-order valence-electron chi connectivity index (χ2n) is 6.73. The van der Waals surface area contributed by atoms with Crippen molar-refractivity contribution in [2.24, 2.45) is 17.8 Å². The van der Waals surface area contributed by atoms with Crippen LogP contribution in [0.5, 0.6) is 0 Å². The summed E-state index contributed by atoms with van der Waals surface area (Å²) in [5.41, 5.74) is 0. The van der Waals surface area contributed by atoms with E-state index in [-0.39, 0.29) is 30.6 Å². The van der Waals surface area contributed by atoms with Crippen LogP contribution in [0.15, 0.2) is 0 Å². The monoisotopic (exact) mass is 312 g/mol. The molecule has 1 rings (SSSR count). The van der Waals surface area contributed by atoms with E-state index in [0.29, 0.717) is 6.54 Å². The third kappa shape index (κ3) is 6.67. The van der Waals surface area contributed by atoms with Gasteiger partial charge in [0, 0.05) is 6.04 Å². The van der Waals surface area contributed by atoms with E-state index in [2.05, 4.69) is 24.5 Å². The molecule has 5 heteroatoms. The highest BCUT2D eigenvalue weighted by molar-refractivity contribution is 5.74. The lowest BCUT2D eigenvalue weighted by atomic mass is 9.80. The summed E-state index contributed by atoms with van der Waals surface area (Å²) in [6.45, 7) is 8.92. The van der Waals surface area contributed by atoms with Crippen LogP contribution in [0, 0.1) is 17.8 Å². The molecule has 0 radical (unpaired) electrons. The highest BCUT2D eigenvalue weighted by Crippen LogP contribution is 2.29. The van der Waals surface area contributed by atoms with Crippen LogP contribution in [0.1, 0.15) is 59.8 Å². The van der Waals surface area contributed by atoms with Crippen molar-refractivity contribution in [3.63, 3.8) is 0 Å². The van der Waals surface area contributed by atoms with Crippen molar-refractivity contribution in [2.75, 3.05) is 13.2 Å². The molecule has 22 heavy (non-hydrogen) atoms. The molecule has 1 saturated carbocycles. The van der Waals surface area contributed by atoms with Crippen LogP contribution < -0.4 is 10.6 Å². The second kappa shape index (κ2) is 9.70. The lowest BCUT2D eigenvalue weighted by Gasteiger charge is -2.31. The summed E-state index contributed by atoms with van der Waals surface area (Å²) < 4.78 is 5.09. The van der Waals surface area contributed by atoms with Gasteiger partial charge in [-0.05, 0) is 43.9 Å². The Morgan fingerprint density at radius 1 is 1.14 bits per heavy atom. The molecule has 0 aliphatic heterocycles. The van der Waals surface area contributed by atoms with Crippen molar-refractivity contribution >= 4 is 12.0 Å². The summed E-state index contributed by atoms with van der Waals surface area (Å²) in [5, 5.41) is 5.76. The van der Waals surface area contributed by atoms with Crippen LogP contribution in [0.3, 0.4) is 0 Å². The molecule has 0 aromatic carbocycles. The Labute approximate surface area is 134 Å². The first-order valence-electron chi connectivity index (χ1n) is 8.65. The molecule has 0 aromatic rings. The van der Waals surface area contributed by atoms with E-state index in [4.69, 9.17) is 4.74 Å². The van der Waals surface area contributed by atoms with Gasteiger partial charge >= 0.3 is 12.0 Å². The van der Waals surface area contributed by atoms with Crippen molar-refractivity contribution < 1.29 is 14.3 Å². The number of hydrogen-bond donors (Lipinski definition) is 2. The van der Waals surface area contributed by atoms with Gasteiger partial charge in [0.25, 0.3) is 0 Å². The van der Waals surface area contributed by atoms with Gasteiger partial charge in [0.15, 0.2) is 0 Å². The summed E-state index contributed by atoms with van der Waals surface area (Å²) >= 11 is 0. The van der Waals surface area contributed by atoms with Crippen LogP contribution in [0.4, 0.5) is 4.79 Å². The zero-order chi connectivity index (χ0) is 16.5. The number of urea groups is 1. The van der Waals surface area contributed by atoms with Crippen LogP contribution >= 0.6 is 0 Å². The fraction of sp³-hybridized carbons (Fsp3) is 0.882. The van der Waals surface area contributed by atoms with Gasteiger partial charge in [-0.15, -0.1) is 0 Å². The van der Waals surface area contributed by atoms with E-state index in [0.717, 1.165) is 31.1 Å². The quantitative estimate of drug-likeness (QED) is 0.561. The summed E-state index contributed by atoms with van der Waals surface area (Å²) in [7, 11) is 0. The van der Waals surface area contributed by atoms with Crippen molar-refractivity contribution in [2.45, 2.75) is 65.8 Å². The smallest absolute Gasteiger partial charge is 0.315 e. The van der Waals surface area contributed by atoms with E-state index in [1.165, 1.54) is 12.8 Å². The molecule has 1 aliphatic carbocycles. The average molecular weight is 312 g/mol. The molecule has 0 spiro atoms. The molecule has 1 atom stereocenters. The number of rotatable bonds is 7. The Hall–Kier alpha value is -1.26. The standard InChI is InChI=1S/C17H32N2O3/c1-5-13(4)16(20)22-11-10-18-17(21)19-15-8-6-14(7-9-15)12(2)3/h12-15H,5-11H2,1-4H3,(H2,18,19,21). The molecule has 2 amide bonds. The molecule has 0 bridgehead atoms. The lowest BCUT2D eigenvalue weighted by molar-refractivity contribution is -0.147. The van der Waals surface area contributed by atoms with E-state index in [9.17, 15) is 9.59 Å². The van der Waals surface area contributed by atoms with E-state index < -0.39 is 0 Å². The van der Waals surface area contributed by atoms with Crippen LogP contribution in [-0.4, -0.2) is 31.2 Å². The number of esters is 1. The predicted molar refractivity (Wildman–Crippen MR) is 87.5 cm³/mol. The number of hydrogen-bond acceptors (Lipinski definition) is 3. The molecule has 128 valence electrons. The number of nitrogens with one attached hydrogen (secondary N) is 2. The Morgan fingerprint density at radius 2 is 1.77 bits per heavy atom. The number of carbonyl (C=O) groups is 2. The maximum Gasteiger partial charge on any atom is 0.315 e. The molecule has 5 nitrogen and oxygen atoms in total. The van der Waals surface area contributed by atoms with Gasteiger partial charge in [-0.1, -0.05) is 27.7 Å². The average Bonchev–Trinajstić information content (AvgIpc) is 2.51. The van der Waals surface area contributed by atoms with Crippen molar-refractivity contribution in [3.8, 4) is 0 Å². The fourth-order valence-electron chi connectivity index (χ4n) is 2.79. The number of ether oxygens (including phenoxy) is 1. The summed E-state index contributed by atoms with van der Waals surface area (Å²) in [6.07, 6.45) is 5.26. The predicted octanol–water partition coefficient (Wildman–Crippen LogP) is 3.09. The maximum atomic E-state index is 11.8. The Morgan fingerprint density at radius 3 is 2.32 bits per heavy atom. The molecule has 0 saturated heterocycles. The molecule has 1 aliphatic rings. The van der Waals surface area contributed by atoms with Gasteiger partial charge in [0.2, 0.25) is 0 Å². The SMILES string of the molecule is CCC(C)C(=O)OCCNC(=O)NC1CCC(C(C)C)CC1. The first kappa shape index (κ1) is 18.8. The van der Waals surface area contributed by atoms with Gasteiger partial charge in [-0.3, -0.25) is 4.79 Å². The largest absolute Gasteiger partial charge is 0.464 e. The Bertz CT molecular complexity index is 350. The minimum Gasteiger partial charge on any atom is -0.464 e. The van der Waals surface area contributed by atoms with E-state index >= 15 is 0 Å². The summed E-state index contributed by atoms with van der Waals surface area (Å²) in [5.74, 6) is 1.25. The Balaban J connectivity index is 2.11. The second-order valence-corrected chi connectivity index (χ2v) is 6.73. The molecular formula is C17H32N2O3. The zero-order valence-corrected chi connectivity index (χ0v) is 14.5. The topological polar surface area (TPSA) is 67.4 Å². The summed E-state index contributed by atoms with van der Waals surface area (Å²) in [6, 6.07) is 0.116. The van der Waals surface area contributed by atoms with E-state index in [1.54, 1.807) is 0 Å². The fourth-order valence-corrected chi connectivity index (χ4v) is 2.79. The minimum absolute atomic E-state index is 0.0787. The van der Waals surface area contributed by atoms with Gasteiger partial charge < -0.3 is 15.4 Å². The van der Waals surface area contributed by atoms with E-state index in [1.807, 2.05) is 13.8 Å². The van der Waals surface area contributed by atoms with Crippen LogP contribution in [-0.2, 0) is 9.53 Å². The molecule has 0 heterocycles. The third-order valence-electron chi connectivity index (χ3n) is 4.70. The first-order valence-corrected chi connectivity index (χ1v) is 8.65. The third-order valence-corrected chi connectivity index (χ3v) is 4.70. The summed E-state index contributed by atoms with van der Waals surface area (Å²) in [4.78, 5) is 23.3. The lowest BCUT2D eigenvalue weighted by Crippen LogP contribution is -2.44. The van der Waals surface area contributed by atoms with Crippen LogP contribution in [0.2, 0.25) is 0 Å². The van der Waals surface area contributed by atoms with Crippen molar-refractivity contribution in [1.82, 2.24) is 10.6 Å². The molecule has 0 aromatic heterocycles. The van der Waals surface area contributed by atoms with Gasteiger partial charge in [-0.2, -0.15) is 0 Å². The van der Waals surface area contributed by atoms with Crippen molar-refractivity contribution in [3.05, 3.63) is 0 Å². The normalized spacial score (nSPS) is 23.0. The first-order chi connectivity index (χ1) is 10.4. The zero-order valence-electron chi connectivity index (χ0n) is 14.5. The highest BCUT2D eigenvalue weighted by Gasteiger charge is 2.24. The maximum absolute atomic E-state index is 11.8. The van der Waals surface area contributed by atoms with Gasteiger partial charge in [0.1, 0.15) is 6.61 Å². The van der Waals surface area contributed by atoms with Crippen molar-refractivity contribution in [1.29, 1.82) is 0 Å². The molecule has 1 fully saturated rings. The minimum atomic E-state index is -0.197. The van der Waals surface area contributed by atoms with Crippen LogP contribution in [0.25, 0.3) is 0 Å². The highest BCUT2D eigenvalue weighted by atomic mass is 16.5. The molecular weight excluding hydrogens is 280 g/mol. The number of amides is 2. The van der Waals surface area contributed by atoms with Gasteiger partial charge in [-0.25, -0.2) is 4.79 Å². The molecule has 1 unspecified atom stereocenters. The number of carbonyl (C=O) groups excluding carboxylic acids is 2. The Kier molecular flexibility index (Phi) is 8.28. The molecule has 2 N–H and O–H groups in total. The van der Waals surface area contributed by atoms with Gasteiger partial charge in [0.05, 0.1) is 12.5 Å².